The SMILES string of the molecule is COc1ccc([C@H]2[C@@H](C)C(=O)N2c2cc(OC)c(OC)c(OC)c2)cc1O. The summed E-state index contributed by atoms with van der Waals surface area (Å²) in [5.74, 6) is 1.57. The third-order valence-electron chi connectivity index (χ3n) is 4.85. The van der Waals surface area contributed by atoms with E-state index < -0.39 is 0 Å². The Morgan fingerprint density at radius 1 is 0.889 bits per heavy atom. The summed E-state index contributed by atoms with van der Waals surface area (Å²) in [5, 5.41) is 10.1. The van der Waals surface area contributed by atoms with Gasteiger partial charge in [0.2, 0.25) is 11.7 Å². The number of phenolic OH excluding ortho intramolecular Hbond substituents is 1. The van der Waals surface area contributed by atoms with Gasteiger partial charge in [0.15, 0.2) is 23.0 Å². The van der Waals surface area contributed by atoms with Crippen LogP contribution in [0.1, 0.15) is 18.5 Å². The molecule has 0 unspecified atom stereocenters. The highest BCUT2D eigenvalue weighted by molar-refractivity contribution is 6.03. The van der Waals surface area contributed by atoms with Gasteiger partial charge < -0.3 is 29.0 Å². The van der Waals surface area contributed by atoms with Gasteiger partial charge in [-0.05, 0) is 17.7 Å². The molecule has 1 saturated heterocycles. The number of ether oxygens (including phenoxy) is 4. The molecule has 2 atom stereocenters. The number of benzene rings is 2. The Labute approximate surface area is 158 Å². The summed E-state index contributed by atoms with van der Waals surface area (Å²) >= 11 is 0. The van der Waals surface area contributed by atoms with E-state index >= 15 is 0 Å². The van der Waals surface area contributed by atoms with Gasteiger partial charge in [0, 0.05) is 12.1 Å². The molecule has 0 aliphatic carbocycles. The largest absolute Gasteiger partial charge is 0.504 e. The van der Waals surface area contributed by atoms with Gasteiger partial charge in [-0.2, -0.15) is 0 Å². The van der Waals surface area contributed by atoms with E-state index in [1.807, 2.05) is 13.0 Å². The predicted octanol–water partition coefficient (Wildman–Crippen LogP) is 3.15. The number of phenols is 1. The van der Waals surface area contributed by atoms with Crippen LogP contribution in [0.5, 0.6) is 28.7 Å². The fourth-order valence-electron chi connectivity index (χ4n) is 3.46. The number of hydrogen-bond acceptors (Lipinski definition) is 6. The van der Waals surface area contributed by atoms with Crippen LogP contribution in [0.15, 0.2) is 30.3 Å². The van der Waals surface area contributed by atoms with Crippen molar-refractivity contribution >= 4 is 11.6 Å². The zero-order chi connectivity index (χ0) is 19.7. The minimum Gasteiger partial charge on any atom is -0.504 e. The maximum Gasteiger partial charge on any atom is 0.232 e. The molecule has 0 aromatic heterocycles. The molecule has 1 heterocycles. The fraction of sp³-hybridized carbons (Fsp3) is 0.350. The molecule has 1 aliphatic rings. The van der Waals surface area contributed by atoms with Crippen LogP contribution in [0.25, 0.3) is 0 Å². The van der Waals surface area contributed by atoms with Gasteiger partial charge in [0.1, 0.15) is 0 Å². The van der Waals surface area contributed by atoms with E-state index in [0.29, 0.717) is 28.7 Å². The summed E-state index contributed by atoms with van der Waals surface area (Å²) in [6.07, 6.45) is 0. The van der Waals surface area contributed by atoms with Crippen molar-refractivity contribution in [1.82, 2.24) is 0 Å². The lowest BCUT2D eigenvalue weighted by Crippen LogP contribution is -2.54. The van der Waals surface area contributed by atoms with Gasteiger partial charge in [-0.3, -0.25) is 4.79 Å². The highest BCUT2D eigenvalue weighted by Gasteiger charge is 2.46. The Balaban J connectivity index is 2.05. The summed E-state index contributed by atoms with van der Waals surface area (Å²) in [7, 11) is 6.08. The van der Waals surface area contributed by atoms with Gasteiger partial charge in [-0.25, -0.2) is 0 Å². The lowest BCUT2D eigenvalue weighted by molar-refractivity contribution is -0.129. The van der Waals surface area contributed by atoms with Gasteiger partial charge in [0.05, 0.1) is 46.1 Å². The third-order valence-corrected chi connectivity index (χ3v) is 4.85. The Hall–Kier alpha value is -3.09. The molecule has 1 fully saturated rings. The molecule has 1 N–H and O–H groups in total. The van der Waals surface area contributed by atoms with Crippen molar-refractivity contribution in [3.05, 3.63) is 35.9 Å². The van der Waals surface area contributed by atoms with Crippen molar-refractivity contribution in [1.29, 1.82) is 0 Å². The zero-order valence-corrected chi connectivity index (χ0v) is 16.0. The first-order valence-corrected chi connectivity index (χ1v) is 8.46. The summed E-state index contributed by atoms with van der Waals surface area (Å²) in [6.45, 7) is 1.86. The number of anilines is 1. The van der Waals surface area contributed by atoms with Crippen LogP contribution in [-0.2, 0) is 4.79 Å². The molecule has 1 aliphatic heterocycles. The predicted molar refractivity (Wildman–Crippen MR) is 100 cm³/mol. The van der Waals surface area contributed by atoms with Crippen LogP contribution in [0.3, 0.4) is 0 Å². The number of hydrogen-bond donors (Lipinski definition) is 1. The smallest absolute Gasteiger partial charge is 0.232 e. The number of amides is 1. The standard InChI is InChI=1S/C20H23NO6/c1-11-18(12-6-7-15(24-2)14(22)8-12)21(20(11)23)13-9-16(25-3)19(27-5)17(10-13)26-4/h6-11,18,22H,1-5H3/t11-,18-/m1/s1. The number of carbonyl (C=O) groups is 1. The van der Waals surface area contributed by atoms with Crippen LogP contribution in [0.2, 0.25) is 0 Å². The number of methoxy groups -OCH3 is 4. The van der Waals surface area contributed by atoms with Crippen molar-refractivity contribution in [3.63, 3.8) is 0 Å². The van der Waals surface area contributed by atoms with Crippen molar-refractivity contribution in [2.45, 2.75) is 13.0 Å². The first-order chi connectivity index (χ1) is 13.0. The van der Waals surface area contributed by atoms with Gasteiger partial charge in [0.25, 0.3) is 0 Å². The Bertz CT molecular complexity index is 841. The summed E-state index contributed by atoms with van der Waals surface area (Å²) in [6, 6.07) is 8.41. The molecule has 2 aromatic rings. The minimum absolute atomic E-state index is 0.0235. The topological polar surface area (TPSA) is 77.5 Å². The number of β-lactam (4-membered cyclic amide) rings is 1. The summed E-state index contributed by atoms with van der Waals surface area (Å²) in [4.78, 5) is 14.3. The van der Waals surface area contributed by atoms with E-state index in [2.05, 4.69) is 0 Å². The third kappa shape index (κ3) is 2.99. The molecule has 0 saturated carbocycles. The monoisotopic (exact) mass is 373 g/mol. The molecule has 0 bridgehead atoms. The van der Waals surface area contributed by atoms with Crippen LogP contribution in [0, 0.1) is 5.92 Å². The van der Waals surface area contributed by atoms with Gasteiger partial charge in [-0.1, -0.05) is 13.0 Å². The summed E-state index contributed by atoms with van der Waals surface area (Å²) < 4.78 is 21.2. The lowest BCUT2D eigenvalue weighted by atomic mass is 9.83. The van der Waals surface area contributed by atoms with Crippen LogP contribution >= 0.6 is 0 Å². The van der Waals surface area contributed by atoms with E-state index in [-0.39, 0.29) is 23.6 Å². The fourth-order valence-corrected chi connectivity index (χ4v) is 3.46. The van der Waals surface area contributed by atoms with Crippen LogP contribution in [0.4, 0.5) is 5.69 Å². The average molecular weight is 373 g/mol. The molecule has 7 nitrogen and oxygen atoms in total. The van der Waals surface area contributed by atoms with Crippen molar-refractivity contribution < 1.29 is 28.8 Å². The zero-order valence-electron chi connectivity index (χ0n) is 16.0. The molecular formula is C20H23NO6. The van der Waals surface area contributed by atoms with Crippen molar-refractivity contribution in [2.24, 2.45) is 5.92 Å². The van der Waals surface area contributed by atoms with E-state index in [9.17, 15) is 9.90 Å². The average Bonchev–Trinajstić information content (AvgIpc) is 2.69. The molecule has 144 valence electrons. The molecule has 0 spiro atoms. The highest BCUT2D eigenvalue weighted by Crippen LogP contribution is 2.49. The number of rotatable bonds is 6. The Morgan fingerprint density at radius 2 is 1.48 bits per heavy atom. The molecule has 0 radical (unpaired) electrons. The van der Waals surface area contributed by atoms with E-state index in [1.54, 1.807) is 29.2 Å². The van der Waals surface area contributed by atoms with Crippen LogP contribution in [-0.4, -0.2) is 39.5 Å². The molecule has 7 heteroatoms. The van der Waals surface area contributed by atoms with E-state index in [1.165, 1.54) is 28.4 Å². The highest BCUT2D eigenvalue weighted by atomic mass is 16.5. The normalized spacial score (nSPS) is 18.7. The van der Waals surface area contributed by atoms with Gasteiger partial charge >= 0.3 is 0 Å². The second-order valence-corrected chi connectivity index (χ2v) is 6.26. The molecule has 1 amide bonds. The van der Waals surface area contributed by atoms with Crippen LogP contribution < -0.4 is 23.8 Å². The van der Waals surface area contributed by atoms with E-state index in [0.717, 1.165) is 5.56 Å². The van der Waals surface area contributed by atoms with Crippen molar-refractivity contribution in [3.8, 4) is 28.7 Å². The first-order valence-electron chi connectivity index (χ1n) is 8.46. The molecular weight excluding hydrogens is 350 g/mol. The van der Waals surface area contributed by atoms with Crippen molar-refractivity contribution in [2.75, 3.05) is 33.3 Å². The molecule has 3 rings (SSSR count). The second-order valence-electron chi connectivity index (χ2n) is 6.26. The second kappa shape index (κ2) is 7.26. The maximum absolute atomic E-state index is 12.6. The maximum atomic E-state index is 12.6. The number of carbonyl (C=O) groups excluding carboxylic acids is 1. The summed E-state index contributed by atoms with van der Waals surface area (Å²) in [5.41, 5.74) is 1.45. The quantitative estimate of drug-likeness (QED) is 0.784. The molecule has 27 heavy (non-hydrogen) atoms. The molecule has 2 aromatic carbocycles. The minimum atomic E-state index is -0.225. The lowest BCUT2D eigenvalue weighted by Gasteiger charge is -2.46. The Kier molecular flexibility index (Phi) is 5.03. The number of nitrogens with zero attached hydrogens (tertiary/aromatic N) is 1. The Morgan fingerprint density at radius 3 is 1.96 bits per heavy atom. The van der Waals surface area contributed by atoms with Gasteiger partial charge in [-0.15, -0.1) is 0 Å². The number of aromatic hydroxyl groups is 1. The first kappa shape index (κ1) is 18.7. The van der Waals surface area contributed by atoms with E-state index in [4.69, 9.17) is 18.9 Å².